The summed E-state index contributed by atoms with van der Waals surface area (Å²) in [6.07, 6.45) is -0.636. The van der Waals surface area contributed by atoms with Crippen molar-refractivity contribution in [1.29, 1.82) is 0 Å². The van der Waals surface area contributed by atoms with Gasteiger partial charge in [0, 0.05) is 16.5 Å². The van der Waals surface area contributed by atoms with Crippen molar-refractivity contribution in [3.05, 3.63) is 59.8 Å². The van der Waals surface area contributed by atoms with Crippen LogP contribution in [0.1, 0.15) is 0 Å². The molecule has 0 saturated heterocycles. The van der Waals surface area contributed by atoms with Gasteiger partial charge in [0.1, 0.15) is 0 Å². The molecule has 1 aromatic heterocycles. The fraction of sp³-hybridized carbons (Fsp3) is 0. The highest BCUT2D eigenvalue weighted by molar-refractivity contribution is 6.34. The number of nitrogens with zero attached hydrogens (tertiary/aromatic N) is 2. The molecule has 1 N–H and O–H groups in total. The number of hydrogen-bond donors (Lipinski definition) is 1. The van der Waals surface area contributed by atoms with Crippen LogP contribution in [0.3, 0.4) is 0 Å². The third kappa shape index (κ3) is 2.93. The van der Waals surface area contributed by atoms with Crippen LogP contribution < -0.4 is 10.1 Å². The predicted octanol–water partition coefficient (Wildman–Crippen LogP) is 3.89. The minimum Gasteiger partial charge on any atom is -0.389 e. The highest BCUT2D eigenvalue weighted by atomic mass is 35.5. The lowest BCUT2D eigenvalue weighted by atomic mass is 10.2. The number of carbonyl (C=O) groups is 1. The standard InChI is InChI=1S/C15H10ClN3O2/c16-13-11-8-4-5-9-12(11)14(19-18-13)21-15(20)17-10-6-2-1-3-7-10/h1-9H,(H,17,20). The molecule has 0 radical (unpaired) electrons. The molecule has 0 atom stereocenters. The summed E-state index contributed by atoms with van der Waals surface area (Å²) in [6, 6.07) is 16.2. The third-order valence-corrected chi connectivity index (χ3v) is 3.10. The summed E-state index contributed by atoms with van der Waals surface area (Å²) in [5, 5.41) is 11.8. The molecule has 6 heteroatoms. The Kier molecular flexibility index (Phi) is 3.66. The minimum atomic E-state index is -0.636. The normalized spacial score (nSPS) is 10.3. The molecule has 1 heterocycles. The van der Waals surface area contributed by atoms with Crippen molar-refractivity contribution in [2.24, 2.45) is 0 Å². The Morgan fingerprint density at radius 2 is 1.62 bits per heavy atom. The first kappa shape index (κ1) is 13.3. The van der Waals surface area contributed by atoms with E-state index < -0.39 is 6.09 Å². The van der Waals surface area contributed by atoms with Gasteiger partial charge < -0.3 is 4.74 Å². The van der Waals surface area contributed by atoms with E-state index in [0.29, 0.717) is 16.5 Å². The van der Waals surface area contributed by atoms with E-state index in [4.69, 9.17) is 16.3 Å². The lowest BCUT2D eigenvalue weighted by Crippen LogP contribution is -2.17. The number of carbonyl (C=O) groups excluding carboxylic acids is 1. The fourth-order valence-corrected chi connectivity index (χ4v) is 2.08. The summed E-state index contributed by atoms with van der Waals surface area (Å²) in [5.74, 6) is 0.114. The highest BCUT2D eigenvalue weighted by Crippen LogP contribution is 2.27. The predicted molar refractivity (Wildman–Crippen MR) is 80.6 cm³/mol. The number of para-hydroxylation sites is 1. The number of halogens is 1. The number of fused-ring (bicyclic) bond motifs is 1. The molecule has 0 bridgehead atoms. The molecule has 2 aromatic carbocycles. The number of hydrogen-bond acceptors (Lipinski definition) is 4. The lowest BCUT2D eigenvalue weighted by Gasteiger charge is -2.08. The molecule has 0 aliphatic rings. The largest absolute Gasteiger partial charge is 0.418 e. The Hall–Kier alpha value is -2.66. The number of nitrogens with one attached hydrogen (secondary N) is 1. The van der Waals surface area contributed by atoms with Crippen LogP contribution in [0.5, 0.6) is 5.88 Å². The van der Waals surface area contributed by atoms with Gasteiger partial charge >= 0.3 is 6.09 Å². The van der Waals surface area contributed by atoms with Crippen molar-refractivity contribution in [2.45, 2.75) is 0 Å². The molecule has 0 unspecified atom stereocenters. The van der Waals surface area contributed by atoms with E-state index in [0.717, 1.165) is 0 Å². The van der Waals surface area contributed by atoms with E-state index in [1.54, 1.807) is 24.3 Å². The smallest absolute Gasteiger partial charge is 0.389 e. The fourth-order valence-electron chi connectivity index (χ4n) is 1.87. The maximum Gasteiger partial charge on any atom is 0.418 e. The molecule has 0 saturated carbocycles. The monoisotopic (exact) mass is 299 g/mol. The second-order valence-electron chi connectivity index (χ2n) is 4.22. The molecule has 3 aromatic rings. The average molecular weight is 300 g/mol. The molecule has 1 amide bonds. The van der Waals surface area contributed by atoms with Gasteiger partial charge in [0.2, 0.25) is 0 Å². The van der Waals surface area contributed by atoms with Crippen LogP contribution in [0.2, 0.25) is 5.15 Å². The molecule has 0 aliphatic heterocycles. The number of ether oxygens (including phenoxy) is 1. The quantitative estimate of drug-likeness (QED) is 0.779. The molecule has 3 rings (SSSR count). The van der Waals surface area contributed by atoms with Gasteiger partial charge in [-0.2, -0.15) is 0 Å². The SMILES string of the molecule is O=C(Nc1ccccc1)Oc1nnc(Cl)c2ccccc12. The van der Waals surface area contributed by atoms with Gasteiger partial charge in [0.25, 0.3) is 5.88 Å². The first-order chi connectivity index (χ1) is 10.2. The number of aromatic nitrogens is 2. The number of amides is 1. The van der Waals surface area contributed by atoms with Crippen molar-refractivity contribution in [2.75, 3.05) is 5.32 Å². The van der Waals surface area contributed by atoms with Crippen molar-refractivity contribution in [3.63, 3.8) is 0 Å². The first-order valence-electron chi connectivity index (χ1n) is 6.19. The van der Waals surface area contributed by atoms with E-state index in [2.05, 4.69) is 15.5 Å². The van der Waals surface area contributed by atoms with Gasteiger partial charge in [0.15, 0.2) is 5.15 Å². The Morgan fingerprint density at radius 1 is 0.952 bits per heavy atom. The zero-order valence-corrected chi connectivity index (χ0v) is 11.5. The molecule has 104 valence electrons. The van der Waals surface area contributed by atoms with Crippen molar-refractivity contribution >= 4 is 34.2 Å². The Morgan fingerprint density at radius 3 is 2.38 bits per heavy atom. The summed E-state index contributed by atoms with van der Waals surface area (Å²) < 4.78 is 5.20. The summed E-state index contributed by atoms with van der Waals surface area (Å²) in [7, 11) is 0. The maximum atomic E-state index is 11.9. The number of benzene rings is 2. The number of rotatable bonds is 2. The summed E-state index contributed by atoms with van der Waals surface area (Å²) in [6.45, 7) is 0. The van der Waals surface area contributed by atoms with E-state index in [-0.39, 0.29) is 11.0 Å². The molecular formula is C15H10ClN3O2. The van der Waals surface area contributed by atoms with Crippen LogP contribution in [-0.2, 0) is 0 Å². The van der Waals surface area contributed by atoms with Crippen molar-refractivity contribution in [1.82, 2.24) is 10.2 Å². The topological polar surface area (TPSA) is 64.1 Å². The Bertz CT molecular complexity index is 793. The van der Waals surface area contributed by atoms with Crippen LogP contribution in [0.4, 0.5) is 10.5 Å². The van der Waals surface area contributed by atoms with E-state index in [1.807, 2.05) is 30.3 Å². The van der Waals surface area contributed by atoms with Crippen LogP contribution in [0.15, 0.2) is 54.6 Å². The molecular weight excluding hydrogens is 290 g/mol. The van der Waals surface area contributed by atoms with E-state index in [1.165, 1.54) is 0 Å². The first-order valence-corrected chi connectivity index (χ1v) is 6.56. The zero-order valence-electron chi connectivity index (χ0n) is 10.8. The van der Waals surface area contributed by atoms with Crippen molar-refractivity contribution in [3.8, 4) is 5.88 Å². The molecule has 21 heavy (non-hydrogen) atoms. The van der Waals surface area contributed by atoms with Crippen LogP contribution in [0, 0.1) is 0 Å². The van der Waals surface area contributed by atoms with Gasteiger partial charge in [-0.05, 0) is 18.2 Å². The molecule has 0 aliphatic carbocycles. The third-order valence-electron chi connectivity index (χ3n) is 2.82. The molecule has 5 nitrogen and oxygen atoms in total. The molecule has 0 spiro atoms. The number of anilines is 1. The molecule has 0 fully saturated rings. The Labute approximate surface area is 125 Å². The highest BCUT2D eigenvalue weighted by Gasteiger charge is 2.12. The van der Waals surface area contributed by atoms with E-state index >= 15 is 0 Å². The minimum absolute atomic E-state index is 0.114. The average Bonchev–Trinajstić information content (AvgIpc) is 2.51. The maximum absolute atomic E-state index is 11.9. The van der Waals surface area contributed by atoms with Gasteiger partial charge in [0.05, 0.1) is 0 Å². The van der Waals surface area contributed by atoms with E-state index in [9.17, 15) is 4.79 Å². The summed E-state index contributed by atoms with van der Waals surface area (Å²) in [4.78, 5) is 11.9. The Balaban J connectivity index is 1.85. The second-order valence-corrected chi connectivity index (χ2v) is 4.58. The van der Waals surface area contributed by atoms with Crippen molar-refractivity contribution < 1.29 is 9.53 Å². The van der Waals surface area contributed by atoms with Crippen LogP contribution in [0.25, 0.3) is 10.8 Å². The lowest BCUT2D eigenvalue weighted by molar-refractivity contribution is 0.213. The van der Waals surface area contributed by atoms with Gasteiger partial charge in [-0.1, -0.05) is 48.0 Å². The van der Waals surface area contributed by atoms with Crippen LogP contribution in [-0.4, -0.2) is 16.3 Å². The zero-order chi connectivity index (χ0) is 14.7. The summed E-state index contributed by atoms with van der Waals surface area (Å²) >= 11 is 5.97. The van der Waals surface area contributed by atoms with Gasteiger partial charge in [-0.25, -0.2) is 4.79 Å². The van der Waals surface area contributed by atoms with Gasteiger partial charge in [-0.3, -0.25) is 5.32 Å². The second kappa shape index (κ2) is 5.76. The van der Waals surface area contributed by atoms with Crippen LogP contribution >= 0.6 is 11.6 Å². The van der Waals surface area contributed by atoms with Gasteiger partial charge in [-0.15, -0.1) is 10.2 Å². The summed E-state index contributed by atoms with van der Waals surface area (Å²) in [5.41, 5.74) is 0.633.